The van der Waals surface area contributed by atoms with Gasteiger partial charge in [0, 0.05) is 18.0 Å². The number of ether oxygens (including phenoxy) is 1. The first-order valence-corrected chi connectivity index (χ1v) is 8.56. The number of anilines is 1. The maximum Gasteiger partial charge on any atom is 0.323 e. The van der Waals surface area contributed by atoms with E-state index in [-0.39, 0.29) is 10.2 Å². The molecule has 2 aliphatic heterocycles. The van der Waals surface area contributed by atoms with Gasteiger partial charge in [-0.25, -0.2) is 0 Å². The zero-order chi connectivity index (χ0) is 16.7. The third-order valence-electron chi connectivity index (χ3n) is 3.38. The van der Waals surface area contributed by atoms with E-state index in [0.29, 0.717) is 4.91 Å². The highest BCUT2D eigenvalue weighted by atomic mass is 32.2. The summed E-state index contributed by atoms with van der Waals surface area (Å²) >= 11 is 7.73. The van der Waals surface area contributed by atoms with Crippen LogP contribution in [0.3, 0.4) is 0 Å². The molecular formula is C14H12N2O4S3. The van der Waals surface area contributed by atoms with E-state index in [1.807, 2.05) is 30.1 Å². The van der Waals surface area contributed by atoms with Crippen molar-refractivity contribution in [2.24, 2.45) is 0 Å². The van der Waals surface area contributed by atoms with E-state index in [4.69, 9.17) is 22.1 Å². The van der Waals surface area contributed by atoms with Crippen LogP contribution < -0.4 is 9.64 Å². The minimum Gasteiger partial charge on any atom is -0.497 e. The van der Waals surface area contributed by atoms with E-state index < -0.39 is 12.5 Å². The van der Waals surface area contributed by atoms with Crippen molar-refractivity contribution in [1.29, 1.82) is 0 Å². The summed E-state index contributed by atoms with van der Waals surface area (Å²) in [7, 11) is 3.46. The number of carbonyl (C=O) groups excluding carboxylic acids is 1. The Hall–Kier alpha value is -1.71. The molecule has 2 aliphatic rings. The van der Waals surface area contributed by atoms with Crippen molar-refractivity contribution < 1.29 is 19.4 Å². The van der Waals surface area contributed by atoms with Gasteiger partial charge < -0.3 is 14.7 Å². The van der Waals surface area contributed by atoms with Crippen molar-refractivity contribution in [2.45, 2.75) is 4.90 Å². The molecule has 0 atom stereocenters. The molecule has 0 aromatic heterocycles. The lowest BCUT2D eigenvalue weighted by atomic mass is 10.3. The molecule has 1 aromatic carbocycles. The number of fused-ring (bicyclic) bond motifs is 1. The maximum atomic E-state index is 12.5. The molecule has 23 heavy (non-hydrogen) atoms. The van der Waals surface area contributed by atoms with Crippen molar-refractivity contribution in [2.75, 3.05) is 25.6 Å². The molecule has 1 aromatic rings. The van der Waals surface area contributed by atoms with Crippen LogP contribution in [0.25, 0.3) is 0 Å². The molecule has 1 N–H and O–H groups in total. The van der Waals surface area contributed by atoms with Gasteiger partial charge in [-0.15, -0.1) is 0 Å². The van der Waals surface area contributed by atoms with Crippen molar-refractivity contribution in [3.63, 3.8) is 0 Å². The highest BCUT2D eigenvalue weighted by Crippen LogP contribution is 2.50. The number of amides is 1. The van der Waals surface area contributed by atoms with Gasteiger partial charge in [0.05, 0.1) is 17.8 Å². The second-order valence-electron chi connectivity index (χ2n) is 4.78. The van der Waals surface area contributed by atoms with E-state index in [9.17, 15) is 9.59 Å². The van der Waals surface area contributed by atoms with E-state index in [1.54, 1.807) is 7.11 Å². The molecular weight excluding hydrogens is 356 g/mol. The van der Waals surface area contributed by atoms with Gasteiger partial charge in [-0.1, -0.05) is 35.7 Å². The number of methoxy groups -OCH3 is 1. The molecule has 1 fully saturated rings. The molecule has 9 heteroatoms. The summed E-state index contributed by atoms with van der Waals surface area (Å²) in [5.74, 6) is -0.722. The van der Waals surface area contributed by atoms with Crippen LogP contribution in [0.4, 0.5) is 5.69 Å². The largest absolute Gasteiger partial charge is 0.497 e. The van der Waals surface area contributed by atoms with Crippen molar-refractivity contribution in [1.82, 2.24) is 4.90 Å². The summed E-state index contributed by atoms with van der Waals surface area (Å²) < 4.78 is 5.50. The van der Waals surface area contributed by atoms with E-state index in [2.05, 4.69) is 0 Å². The zero-order valence-electron chi connectivity index (χ0n) is 12.2. The topological polar surface area (TPSA) is 70.1 Å². The second-order valence-corrected chi connectivity index (χ2v) is 7.46. The number of rotatable bonds is 3. The number of carboxylic acid groups (broad SMARTS) is 1. The fraction of sp³-hybridized carbons (Fsp3) is 0.214. The molecule has 120 valence electrons. The van der Waals surface area contributed by atoms with Crippen LogP contribution in [0.5, 0.6) is 5.75 Å². The Morgan fingerprint density at radius 3 is 2.78 bits per heavy atom. The van der Waals surface area contributed by atoms with Gasteiger partial charge in [-0.3, -0.25) is 14.5 Å². The standard InChI is InChI=1S/C14H12N2O4S3/c1-15-8-5-7(20-2)3-4-9(8)22-13(15)11-12(19)16(6-10(17)18)14(21)23-11/h3-5H,6H2,1-2H3,(H,17,18)/b13-11+. The van der Waals surface area contributed by atoms with Gasteiger partial charge in [-0.05, 0) is 12.1 Å². The van der Waals surface area contributed by atoms with Crippen molar-refractivity contribution in [3.8, 4) is 5.75 Å². The Morgan fingerprint density at radius 1 is 1.39 bits per heavy atom. The minimum atomic E-state index is -1.09. The van der Waals surface area contributed by atoms with Crippen LogP contribution >= 0.6 is 35.7 Å². The van der Waals surface area contributed by atoms with Crippen LogP contribution in [-0.4, -0.2) is 46.9 Å². The highest BCUT2D eigenvalue weighted by Gasteiger charge is 2.39. The molecule has 0 aliphatic carbocycles. The highest BCUT2D eigenvalue weighted by molar-refractivity contribution is 8.27. The van der Waals surface area contributed by atoms with Crippen LogP contribution in [0, 0.1) is 0 Å². The van der Waals surface area contributed by atoms with Crippen LogP contribution in [0.15, 0.2) is 33.0 Å². The van der Waals surface area contributed by atoms with Crippen LogP contribution in [-0.2, 0) is 9.59 Å². The van der Waals surface area contributed by atoms with Gasteiger partial charge in [0.15, 0.2) is 0 Å². The summed E-state index contributed by atoms with van der Waals surface area (Å²) in [4.78, 5) is 27.8. The quantitative estimate of drug-likeness (QED) is 0.644. The summed E-state index contributed by atoms with van der Waals surface area (Å²) in [6.45, 7) is -0.420. The Kier molecular flexibility index (Phi) is 4.26. The van der Waals surface area contributed by atoms with Crippen LogP contribution in [0.2, 0.25) is 0 Å². The Morgan fingerprint density at radius 2 is 2.13 bits per heavy atom. The molecule has 0 bridgehead atoms. The Balaban J connectivity index is 1.96. The van der Waals surface area contributed by atoms with Crippen LogP contribution in [0.1, 0.15) is 0 Å². The first kappa shape index (κ1) is 16.2. The molecule has 1 amide bonds. The predicted octanol–water partition coefficient (Wildman–Crippen LogP) is 2.35. The summed E-state index contributed by atoms with van der Waals surface area (Å²) in [5.41, 5.74) is 0.938. The first-order valence-electron chi connectivity index (χ1n) is 6.51. The smallest absolute Gasteiger partial charge is 0.323 e. The van der Waals surface area contributed by atoms with Crippen molar-refractivity contribution >= 4 is 57.6 Å². The SMILES string of the molecule is COc1ccc2c(c1)N(C)/C(=C1\SC(=S)N(CC(=O)O)C1=O)S2. The second kappa shape index (κ2) is 6.06. The normalized spacial score (nSPS) is 20.3. The third-order valence-corrected chi connectivity index (χ3v) is 6.18. The predicted molar refractivity (Wildman–Crippen MR) is 93.8 cm³/mol. The average molecular weight is 368 g/mol. The number of aliphatic carboxylic acids is 1. The number of carboxylic acids is 1. The molecule has 3 rings (SSSR count). The Labute approximate surface area is 146 Å². The van der Waals surface area contributed by atoms with Gasteiger partial charge in [0.1, 0.15) is 21.5 Å². The van der Waals surface area contributed by atoms with Gasteiger partial charge in [0.25, 0.3) is 5.91 Å². The molecule has 0 spiro atoms. The Bertz CT molecular complexity index is 762. The minimum absolute atomic E-state index is 0.266. The monoisotopic (exact) mass is 368 g/mol. The summed E-state index contributed by atoms with van der Waals surface area (Å²) in [6.07, 6.45) is 0. The average Bonchev–Trinajstić information content (AvgIpc) is 2.98. The fourth-order valence-electron chi connectivity index (χ4n) is 2.25. The number of hydrogen-bond donors (Lipinski definition) is 1. The lowest BCUT2D eigenvalue weighted by Crippen LogP contribution is -2.33. The summed E-state index contributed by atoms with van der Waals surface area (Å²) in [5, 5.41) is 9.65. The number of thiocarbonyl (C=S) groups is 1. The lowest BCUT2D eigenvalue weighted by Gasteiger charge is -2.15. The number of carbonyl (C=O) groups is 2. The number of nitrogens with zero attached hydrogens (tertiary/aromatic N) is 2. The fourth-order valence-corrected chi connectivity index (χ4v) is 4.81. The molecule has 0 radical (unpaired) electrons. The van der Waals surface area contributed by atoms with Gasteiger partial charge >= 0.3 is 5.97 Å². The molecule has 1 saturated heterocycles. The van der Waals surface area contributed by atoms with E-state index in [0.717, 1.165) is 38.0 Å². The molecule has 0 unspecified atom stereocenters. The number of thioether (sulfide) groups is 2. The van der Waals surface area contributed by atoms with Gasteiger partial charge in [0.2, 0.25) is 0 Å². The summed E-state index contributed by atoms with van der Waals surface area (Å²) in [6, 6.07) is 5.69. The van der Waals surface area contributed by atoms with Gasteiger partial charge in [-0.2, -0.15) is 0 Å². The maximum absolute atomic E-state index is 12.5. The van der Waals surface area contributed by atoms with E-state index >= 15 is 0 Å². The number of benzene rings is 1. The third kappa shape index (κ3) is 2.79. The zero-order valence-corrected chi connectivity index (χ0v) is 14.7. The first-order chi connectivity index (χ1) is 10.9. The van der Waals surface area contributed by atoms with E-state index in [1.165, 1.54) is 11.8 Å². The number of hydrogen-bond acceptors (Lipinski definition) is 7. The molecule has 2 heterocycles. The van der Waals surface area contributed by atoms with Crippen molar-refractivity contribution in [3.05, 3.63) is 28.1 Å². The lowest BCUT2D eigenvalue weighted by molar-refractivity contribution is -0.140. The molecule has 0 saturated carbocycles. The molecule has 6 nitrogen and oxygen atoms in total.